The van der Waals surface area contributed by atoms with Crippen LogP contribution in [0.15, 0.2) is 24.3 Å². The van der Waals surface area contributed by atoms with Crippen LogP contribution < -0.4 is 10.1 Å². The summed E-state index contributed by atoms with van der Waals surface area (Å²) >= 11 is 0. The average Bonchev–Trinajstić information content (AvgIpc) is 2.53. The number of aryl methyl sites for hydroxylation is 1. The molecule has 1 N–H and O–H groups in total. The summed E-state index contributed by atoms with van der Waals surface area (Å²) in [7, 11) is 1.95. The summed E-state index contributed by atoms with van der Waals surface area (Å²) in [6, 6.07) is 6.96. The highest BCUT2D eigenvalue weighted by Crippen LogP contribution is 2.17. The van der Waals surface area contributed by atoms with E-state index in [0.717, 1.165) is 31.5 Å². The van der Waals surface area contributed by atoms with Gasteiger partial charge in [-0.05, 0) is 44.0 Å². The normalized spacial score (nSPS) is 15.4. The van der Waals surface area contributed by atoms with E-state index in [1.54, 1.807) is 12.1 Å². The van der Waals surface area contributed by atoms with Crippen molar-refractivity contribution in [3.8, 4) is 5.75 Å². The van der Waals surface area contributed by atoms with E-state index in [4.69, 9.17) is 0 Å². The summed E-state index contributed by atoms with van der Waals surface area (Å²) in [6.45, 7) is -1.22. The van der Waals surface area contributed by atoms with Crippen LogP contribution in [0.4, 0.5) is 8.78 Å². The molecule has 1 aliphatic heterocycles. The molecule has 0 aromatic heterocycles. The lowest BCUT2D eigenvalue weighted by molar-refractivity contribution is -0.132. The lowest BCUT2D eigenvalue weighted by atomic mass is 10.0. The standard InChI is InChI=1S/C16H22F2N2O2.ClH/c1-19-13-8-10-20(11-9-13)15(21)7-4-12-2-5-14(6-3-12)22-16(17)18;/h2-3,5-6,13,16,19H,4,7-11H2,1H3;1H. The van der Waals surface area contributed by atoms with Crippen LogP contribution in [0.3, 0.4) is 0 Å². The van der Waals surface area contributed by atoms with Crippen LogP contribution in [-0.4, -0.2) is 43.6 Å². The number of piperidine rings is 1. The number of carbonyl (C=O) groups excluding carboxylic acids is 1. The van der Waals surface area contributed by atoms with E-state index in [0.29, 0.717) is 18.9 Å². The lowest BCUT2D eigenvalue weighted by Gasteiger charge is -2.31. The van der Waals surface area contributed by atoms with E-state index < -0.39 is 6.61 Å². The van der Waals surface area contributed by atoms with Crippen molar-refractivity contribution in [3.63, 3.8) is 0 Å². The summed E-state index contributed by atoms with van der Waals surface area (Å²) in [6.07, 6.45) is 3.03. The Morgan fingerprint density at radius 2 is 1.91 bits per heavy atom. The first-order chi connectivity index (χ1) is 10.6. The molecule has 7 heteroatoms. The van der Waals surface area contributed by atoms with E-state index in [-0.39, 0.29) is 24.1 Å². The number of carbonyl (C=O) groups is 1. The molecule has 0 spiro atoms. The molecular formula is C16H23ClF2N2O2. The predicted octanol–water partition coefficient (Wildman–Crippen LogP) is 2.85. The minimum Gasteiger partial charge on any atom is -0.435 e. The Morgan fingerprint density at radius 1 is 1.30 bits per heavy atom. The molecule has 2 rings (SSSR count). The number of benzene rings is 1. The molecule has 1 amide bonds. The number of halogens is 3. The average molecular weight is 349 g/mol. The van der Waals surface area contributed by atoms with Gasteiger partial charge in [0.05, 0.1) is 0 Å². The highest BCUT2D eigenvalue weighted by molar-refractivity contribution is 5.85. The van der Waals surface area contributed by atoms with Crippen LogP contribution in [0.2, 0.25) is 0 Å². The first kappa shape index (κ1) is 19.6. The topological polar surface area (TPSA) is 41.6 Å². The number of rotatable bonds is 6. The van der Waals surface area contributed by atoms with Gasteiger partial charge in [-0.25, -0.2) is 0 Å². The second kappa shape index (κ2) is 9.67. The molecule has 0 bridgehead atoms. The molecule has 1 aromatic rings. The Hall–Kier alpha value is -1.40. The van der Waals surface area contributed by atoms with E-state index in [2.05, 4.69) is 10.1 Å². The molecule has 1 aromatic carbocycles. The van der Waals surface area contributed by atoms with Crippen molar-refractivity contribution in [2.45, 2.75) is 38.3 Å². The quantitative estimate of drug-likeness (QED) is 0.859. The van der Waals surface area contributed by atoms with Gasteiger partial charge < -0.3 is 15.0 Å². The second-order valence-corrected chi connectivity index (χ2v) is 5.47. The zero-order valence-corrected chi connectivity index (χ0v) is 14.0. The number of alkyl halides is 2. The Morgan fingerprint density at radius 3 is 2.43 bits per heavy atom. The Labute approximate surface area is 141 Å². The molecular weight excluding hydrogens is 326 g/mol. The predicted molar refractivity (Wildman–Crippen MR) is 87.3 cm³/mol. The minimum absolute atomic E-state index is 0. The molecule has 0 saturated carbocycles. The molecule has 1 fully saturated rings. The molecule has 1 saturated heterocycles. The fraction of sp³-hybridized carbons (Fsp3) is 0.562. The van der Waals surface area contributed by atoms with Crippen LogP contribution in [0.1, 0.15) is 24.8 Å². The first-order valence-electron chi connectivity index (χ1n) is 7.57. The zero-order valence-electron chi connectivity index (χ0n) is 13.1. The SMILES string of the molecule is CNC1CCN(C(=O)CCc2ccc(OC(F)F)cc2)CC1.Cl. The van der Waals surface area contributed by atoms with Crippen molar-refractivity contribution in [1.82, 2.24) is 10.2 Å². The van der Waals surface area contributed by atoms with E-state index >= 15 is 0 Å². The lowest BCUT2D eigenvalue weighted by Crippen LogP contribution is -2.44. The Balaban J connectivity index is 0.00000264. The van der Waals surface area contributed by atoms with Crippen molar-refractivity contribution < 1.29 is 18.3 Å². The van der Waals surface area contributed by atoms with Crippen LogP contribution in [-0.2, 0) is 11.2 Å². The summed E-state index contributed by atoms with van der Waals surface area (Å²) in [5.41, 5.74) is 0.945. The van der Waals surface area contributed by atoms with Gasteiger partial charge in [-0.3, -0.25) is 4.79 Å². The largest absolute Gasteiger partial charge is 0.435 e. The number of nitrogens with one attached hydrogen (secondary N) is 1. The van der Waals surface area contributed by atoms with Crippen molar-refractivity contribution in [1.29, 1.82) is 0 Å². The van der Waals surface area contributed by atoms with Crippen LogP contribution >= 0.6 is 12.4 Å². The number of amides is 1. The van der Waals surface area contributed by atoms with Crippen molar-refractivity contribution in [3.05, 3.63) is 29.8 Å². The van der Waals surface area contributed by atoms with E-state index in [1.807, 2.05) is 11.9 Å². The summed E-state index contributed by atoms with van der Waals surface area (Å²) in [5, 5.41) is 3.24. The third-order valence-corrected chi connectivity index (χ3v) is 4.03. The highest BCUT2D eigenvalue weighted by Gasteiger charge is 2.21. The molecule has 0 atom stereocenters. The Kier molecular flexibility index (Phi) is 8.26. The molecule has 1 aliphatic rings. The molecule has 4 nitrogen and oxygen atoms in total. The molecule has 130 valence electrons. The summed E-state index contributed by atoms with van der Waals surface area (Å²) in [5.74, 6) is 0.293. The van der Waals surface area contributed by atoms with Gasteiger partial charge >= 0.3 is 6.61 Å². The fourth-order valence-electron chi connectivity index (χ4n) is 2.66. The van der Waals surface area contributed by atoms with Gasteiger partial charge in [-0.1, -0.05) is 12.1 Å². The zero-order chi connectivity index (χ0) is 15.9. The molecule has 0 radical (unpaired) electrons. The van der Waals surface area contributed by atoms with Gasteiger partial charge in [0.15, 0.2) is 0 Å². The number of nitrogens with zero attached hydrogens (tertiary/aromatic N) is 1. The van der Waals surface area contributed by atoms with Crippen molar-refractivity contribution >= 4 is 18.3 Å². The maximum Gasteiger partial charge on any atom is 0.387 e. The maximum absolute atomic E-state index is 12.2. The number of hydrogen-bond donors (Lipinski definition) is 1. The third-order valence-electron chi connectivity index (χ3n) is 4.03. The van der Waals surface area contributed by atoms with Gasteiger partial charge in [0.2, 0.25) is 5.91 Å². The Bertz CT molecular complexity index is 477. The van der Waals surface area contributed by atoms with Crippen molar-refractivity contribution in [2.75, 3.05) is 20.1 Å². The maximum atomic E-state index is 12.2. The second-order valence-electron chi connectivity index (χ2n) is 5.47. The van der Waals surface area contributed by atoms with E-state index in [1.165, 1.54) is 12.1 Å². The van der Waals surface area contributed by atoms with Crippen LogP contribution in [0, 0.1) is 0 Å². The number of hydrogen-bond acceptors (Lipinski definition) is 3. The molecule has 1 heterocycles. The van der Waals surface area contributed by atoms with Gasteiger partial charge in [-0.15, -0.1) is 12.4 Å². The number of ether oxygens (including phenoxy) is 1. The van der Waals surface area contributed by atoms with Gasteiger partial charge in [0.25, 0.3) is 0 Å². The summed E-state index contributed by atoms with van der Waals surface area (Å²) in [4.78, 5) is 14.1. The smallest absolute Gasteiger partial charge is 0.387 e. The van der Waals surface area contributed by atoms with Gasteiger partial charge in [0.1, 0.15) is 5.75 Å². The summed E-state index contributed by atoms with van der Waals surface area (Å²) < 4.78 is 28.4. The molecule has 23 heavy (non-hydrogen) atoms. The third kappa shape index (κ3) is 6.31. The van der Waals surface area contributed by atoms with Crippen LogP contribution in [0.5, 0.6) is 5.75 Å². The van der Waals surface area contributed by atoms with Gasteiger partial charge in [0, 0.05) is 25.6 Å². The van der Waals surface area contributed by atoms with Crippen LogP contribution in [0.25, 0.3) is 0 Å². The molecule has 0 aliphatic carbocycles. The van der Waals surface area contributed by atoms with E-state index in [9.17, 15) is 13.6 Å². The highest BCUT2D eigenvalue weighted by atomic mass is 35.5. The first-order valence-corrected chi connectivity index (χ1v) is 7.57. The monoisotopic (exact) mass is 348 g/mol. The molecule has 0 unspecified atom stereocenters. The number of likely N-dealkylation sites (tertiary alicyclic amines) is 1. The fourth-order valence-corrected chi connectivity index (χ4v) is 2.66. The van der Waals surface area contributed by atoms with Crippen molar-refractivity contribution in [2.24, 2.45) is 0 Å². The van der Waals surface area contributed by atoms with Gasteiger partial charge in [-0.2, -0.15) is 8.78 Å². The minimum atomic E-state index is -2.81.